The van der Waals surface area contributed by atoms with Crippen molar-refractivity contribution in [3.8, 4) is 0 Å². The van der Waals surface area contributed by atoms with Gasteiger partial charge in [-0.15, -0.1) is 0 Å². The molecule has 1 aliphatic heterocycles. The number of rotatable bonds is 3. The first-order valence-electron chi connectivity index (χ1n) is 5.75. The van der Waals surface area contributed by atoms with E-state index >= 15 is 0 Å². The van der Waals surface area contributed by atoms with Crippen LogP contribution in [0.15, 0.2) is 12.4 Å². The molecule has 1 unspecified atom stereocenters. The second-order valence-electron chi connectivity index (χ2n) is 4.04. The zero-order chi connectivity index (χ0) is 10.7. The third kappa shape index (κ3) is 2.00. The number of nitrogens with zero attached hydrogens (tertiary/aromatic N) is 3. The third-order valence-electron chi connectivity index (χ3n) is 3.13. The van der Waals surface area contributed by atoms with Gasteiger partial charge in [-0.1, -0.05) is 0 Å². The van der Waals surface area contributed by atoms with Crippen LogP contribution in [0.3, 0.4) is 0 Å². The molecule has 4 nitrogen and oxygen atoms in total. The maximum absolute atomic E-state index is 9.35. The number of hydrogen-bond donors (Lipinski definition) is 1. The SMILES string of the molecule is CCn1ccnc1N1CCCCC1CO. The topological polar surface area (TPSA) is 41.3 Å². The van der Waals surface area contributed by atoms with Gasteiger partial charge in [0.05, 0.1) is 12.6 Å². The molecule has 0 amide bonds. The van der Waals surface area contributed by atoms with Crippen LogP contribution in [-0.2, 0) is 6.54 Å². The Morgan fingerprint density at radius 2 is 2.40 bits per heavy atom. The molecule has 1 atom stereocenters. The smallest absolute Gasteiger partial charge is 0.205 e. The molecule has 0 bridgehead atoms. The van der Waals surface area contributed by atoms with Gasteiger partial charge in [-0.25, -0.2) is 4.98 Å². The molecule has 0 saturated carbocycles. The minimum Gasteiger partial charge on any atom is -0.394 e. The van der Waals surface area contributed by atoms with Crippen molar-refractivity contribution in [1.82, 2.24) is 9.55 Å². The summed E-state index contributed by atoms with van der Waals surface area (Å²) >= 11 is 0. The number of aryl methyl sites for hydroxylation is 1. The van der Waals surface area contributed by atoms with Gasteiger partial charge in [0.2, 0.25) is 5.95 Å². The van der Waals surface area contributed by atoms with Gasteiger partial charge in [0.25, 0.3) is 0 Å². The van der Waals surface area contributed by atoms with Crippen molar-refractivity contribution in [2.45, 2.75) is 38.8 Å². The molecule has 1 aromatic heterocycles. The average Bonchev–Trinajstić information content (AvgIpc) is 2.76. The number of anilines is 1. The Balaban J connectivity index is 2.20. The number of piperidine rings is 1. The lowest BCUT2D eigenvalue weighted by Gasteiger charge is -2.35. The molecule has 4 heteroatoms. The van der Waals surface area contributed by atoms with Crippen molar-refractivity contribution in [2.75, 3.05) is 18.1 Å². The summed E-state index contributed by atoms with van der Waals surface area (Å²) in [7, 11) is 0. The molecule has 0 aliphatic carbocycles. The molecule has 1 aromatic rings. The molecule has 2 rings (SSSR count). The molecule has 15 heavy (non-hydrogen) atoms. The van der Waals surface area contributed by atoms with Gasteiger partial charge < -0.3 is 14.6 Å². The lowest BCUT2D eigenvalue weighted by molar-refractivity contribution is 0.238. The summed E-state index contributed by atoms with van der Waals surface area (Å²) in [6.45, 7) is 4.30. The fourth-order valence-corrected chi connectivity index (χ4v) is 2.26. The van der Waals surface area contributed by atoms with E-state index in [1.807, 2.05) is 12.4 Å². The molecular formula is C11H19N3O. The van der Waals surface area contributed by atoms with Crippen molar-refractivity contribution in [3.63, 3.8) is 0 Å². The zero-order valence-electron chi connectivity index (χ0n) is 9.26. The number of aliphatic hydroxyl groups is 1. The lowest BCUT2D eigenvalue weighted by Crippen LogP contribution is -2.43. The van der Waals surface area contributed by atoms with Crippen LogP contribution in [0.25, 0.3) is 0 Å². The predicted molar refractivity (Wildman–Crippen MR) is 60.0 cm³/mol. The second kappa shape index (κ2) is 4.66. The van der Waals surface area contributed by atoms with Crippen LogP contribution in [0, 0.1) is 0 Å². The summed E-state index contributed by atoms with van der Waals surface area (Å²) in [6.07, 6.45) is 7.33. The molecule has 1 N–H and O–H groups in total. The highest BCUT2D eigenvalue weighted by atomic mass is 16.3. The lowest BCUT2D eigenvalue weighted by atomic mass is 10.0. The minimum absolute atomic E-state index is 0.233. The fourth-order valence-electron chi connectivity index (χ4n) is 2.26. The van der Waals surface area contributed by atoms with E-state index in [0.29, 0.717) is 0 Å². The first kappa shape index (κ1) is 10.5. The summed E-state index contributed by atoms with van der Waals surface area (Å²) < 4.78 is 2.13. The zero-order valence-corrected chi connectivity index (χ0v) is 9.26. The standard InChI is InChI=1S/C11H19N3O/c1-2-13-8-6-12-11(13)14-7-4-3-5-10(14)9-15/h6,8,10,15H,2-5,7,9H2,1H3. The Labute approximate surface area is 90.5 Å². The molecule has 0 spiro atoms. The molecule has 0 radical (unpaired) electrons. The van der Waals surface area contributed by atoms with Crippen molar-refractivity contribution in [2.24, 2.45) is 0 Å². The molecular weight excluding hydrogens is 190 g/mol. The number of aromatic nitrogens is 2. The highest BCUT2D eigenvalue weighted by molar-refractivity contribution is 5.33. The summed E-state index contributed by atoms with van der Waals surface area (Å²) in [5, 5.41) is 9.35. The molecule has 0 aromatic carbocycles. The summed E-state index contributed by atoms with van der Waals surface area (Å²) in [6, 6.07) is 0.256. The van der Waals surface area contributed by atoms with Gasteiger partial charge >= 0.3 is 0 Å². The molecule has 1 saturated heterocycles. The van der Waals surface area contributed by atoms with E-state index in [1.54, 1.807) is 0 Å². The van der Waals surface area contributed by atoms with Gasteiger partial charge in [0.1, 0.15) is 0 Å². The van der Waals surface area contributed by atoms with Gasteiger partial charge in [0, 0.05) is 25.5 Å². The summed E-state index contributed by atoms with van der Waals surface area (Å²) in [4.78, 5) is 6.63. The van der Waals surface area contributed by atoms with Gasteiger partial charge in [-0.3, -0.25) is 0 Å². The number of hydrogen-bond acceptors (Lipinski definition) is 3. The quantitative estimate of drug-likeness (QED) is 0.814. The van der Waals surface area contributed by atoms with Gasteiger partial charge in [-0.05, 0) is 26.2 Å². The predicted octanol–water partition coefficient (Wildman–Crippen LogP) is 1.25. The first-order valence-corrected chi connectivity index (χ1v) is 5.75. The normalized spacial score (nSPS) is 22.0. The molecule has 2 heterocycles. The summed E-state index contributed by atoms with van der Waals surface area (Å²) in [5.41, 5.74) is 0. The monoisotopic (exact) mass is 209 g/mol. The molecule has 1 fully saturated rings. The maximum atomic E-state index is 9.35. The van der Waals surface area contributed by atoms with E-state index in [9.17, 15) is 5.11 Å². The van der Waals surface area contributed by atoms with Crippen LogP contribution in [0.4, 0.5) is 5.95 Å². The maximum Gasteiger partial charge on any atom is 0.205 e. The van der Waals surface area contributed by atoms with Crippen LogP contribution in [0.5, 0.6) is 0 Å². The Kier molecular flexibility index (Phi) is 3.26. The number of imidazole rings is 1. The molecule has 1 aliphatic rings. The van der Waals surface area contributed by atoms with Crippen molar-refractivity contribution < 1.29 is 5.11 Å². The number of aliphatic hydroxyl groups excluding tert-OH is 1. The van der Waals surface area contributed by atoms with Crippen molar-refractivity contribution >= 4 is 5.95 Å². The van der Waals surface area contributed by atoms with Crippen LogP contribution in [0.1, 0.15) is 26.2 Å². The van der Waals surface area contributed by atoms with E-state index in [1.165, 1.54) is 12.8 Å². The first-order chi connectivity index (χ1) is 7.36. The second-order valence-corrected chi connectivity index (χ2v) is 4.04. The van der Waals surface area contributed by atoms with Crippen molar-refractivity contribution in [1.29, 1.82) is 0 Å². The Bertz CT molecular complexity index is 311. The van der Waals surface area contributed by atoms with Crippen molar-refractivity contribution in [3.05, 3.63) is 12.4 Å². The fraction of sp³-hybridized carbons (Fsp3) is 0.727. The van der Waals surface area contributed by atoms with E-state index in [-0.39, 0.29) is 12.6 Å². The molecule has 84 valence electrons. The van der Waals surface area contributed by atoms with E-state index in [2.05, 4.69) is 21.4 Å². The third-order valence-corrected chi connectivity index (χ3v) is 3.13. The summed E-state index contributed by atoms with van der Waals surface area (Å²) in [5.74, 6) is 1.01. The van der Waals surface area contributed by atoms with Gasteiger partial charge in [-0.2, -0.15) is 0 Å². The van der Waals surface area contributed by atoms with Crippen LogP contribution < -0.4 is 4.90 Å². The largest absolute Gasteiger partial charge is 0.394 e. The average molecular weight is 209 g/mol. The van der Waals surface area contributed by atoms with Crippen LogP contribution >= 0.6 is 0 Å². The van der Waals surface area contributed by atoms with Crippen LogP contribution in [0.2, 0.25) is 0 Å². The Morgan fingerprint density at radius 1 is 1.53 bits per heavy atom. The van der Waals surface area contributed by atoms with E-state index in [0.717, 1.165) is 25.5 Å². The highest BCUT2D eigenvalue weighted by Crippen LogP contribution is 2.22. The Morgan fingerprint density at radius 3 is 3.13 bits per heavy atom. The van der Waals surface area contributed by atoms with E-state index in [4.69, 9.17) is 0 Å². The Hall–Kier alpha value is -1.03. The minimum atomic E-state index is 0.233. The van der Waals surface area contributed by atoms with Crippen LogP contribution in [-0.4, -0.2) is 33.9 Å². The highest BCUT2D eigenvalue weighted by Gasteiger charge is 2.24. The van der Waals surface area contributed by atoms with E-state index < -0.39 is 0 Å². The van der Waals surface area contributed by atoms with Gasteiger partial charge in [0.15, 0.2) is 0 Å².